The predicted molar refractivity (Wildman–Crippen MR) is 84.1 cm³/mol. The first-order chi connectivity index (χ1) is 8.25. The second kappa shape index (κ2) is 8.54. The van der Waals surface area contributed by atoms with Gasteiger partial charge in [0.05, 0.1) is 0 Å². The van der Waals surface area contributed by atoms with Crippen molar-refractivity contribution in [3.05, 3.63) is 30.3 Å². The molecule has 0 heterocycles. The first kappa shape index (κ1) is 14.5. The molecule has 0 aliphatic carbocycles. The molecule has 17 heavy (non-hydrogen) atoms. The molecule has 0 amide bonds. The van der Waals surface area contributed by atoms with Crippen LogP contribution in [0.5, 0.6) is 0 Å². The molecule has 0 bridgehead atoms. The molecule has 0 aliphatic heterocycles. The molecule has 0 N–H and O–H groups in total. The highest BCUT2D eigenvalue weighted by molar-refractivity contribution is 8.11. The monoisotopic (exact) mass is 267 g/mol. The normalized spacial score (nSPS) is 10.2. The molecule has 1 nitrogen and oxygen atoms in total. The largest absolute Gasteiger partial charge is 0.328 e. The van der Waals surface area contributed by atoms with Gasteiger partial charge < -0.3 is 4.90 Å². The zero-order chi connectivity index (χ0) is 12.5. The molecule has 0 radical (unpaired) electrons. The Balaban J connectivity index is 2.42. The van der Waals surface area contributed by atoms with Crippen molar-refractivity contribution in [1.29, 1.82) is 0 Å². The second-order valence-corrected chi connectivity index (χ2v) is 5.30. The Kier molecular flexibility index (Phi) is 7.29. The van der Waals surface area contributed by atoms with Gasteiger partial charge in [-0.05, 0) is 18.6 Å². The third-order valence-corrected chi connectivity index (χ3v) is 3.25. The van der Waals surface area contributed by atoms with Crippen molar-refractivity contribution in [1.82, 2.24) is 0 Å². The van der Waals surface area contributed by atoms with Gasteiger partial charge in [-0.1, -0.05) is 63.0 Å². The maximum absolute atomic E-state index is 5.19. The lowest BCUT2D eigenvalue weighted by Gasteiger charge is -2.22. The topological polar surface area (TPSA) is 3.24 Å². The summed E-state index contributed by atoms with van der Waals surface area (Å²) in [5.74, 6) is 0. The maximum Gasteiger partial charge on any atom is 0.137 e. The molecule has 1 aromatic carbocycles. The molecule has 0 spiro atoms. The highest BCUT2D eigenvalue weighted by Crippen LogP contribution is 2.16. The van der Waals surface area contributed by atoms with Gasteiger partial charge in [0, 0.05) is 12.2 Å². The average Bonchev–Trinajstić information content (AvgIpc) is 2.34. The minimum Gasteiger partial charge on any atom is -0.328 e. The summed E-state index contributed by atoms with van der Waals surface area (Å²) in [7, 11) is 0. The lowest BCUT2D eigenvalue weighted by Crippen LogP contribution is -2.26. The van der Waals surface area contributed by atoms with E-state index in [1.807, 2.05) is 18.2 Å². The summed E-state index contributed by atoms with van der Waals surface area (Å²) in [5, 5.41) is 0. The van der Waals surface area contributed by atoms with Crippen LogP contribution in [0.4, 0.5) is 5.69 Å². The van der Waals surface area contributed by atoms with Gasteiger partial charge in [-0.2, -0.15) is 0 Å². The molecule has 3 heteroatoms. The zero-order valence-corrected chi connectivity index (χ0v) is 12.1. The molecular formula is C14H21NS2. The van der Waals surface area contributed by atoms with Crippen molar-refractivity contribution < 1.29 is 0 Å². The van der Waals surface area contributed by atoms with Crippen LogP contribution in [0, 0.1) is 0 Å². The Morgan fingerprint density at radius 3 is 2.35 bits per heavy atom. The average molecular weight is 267 g/mol. The van der Waals surface area contributed by atoms with Crippen molar-refractivity contribution in [3.63, 3.8) is 0 Å². The number of para-hydroxylation sites is 1. The van der Waals surface area contributed by atoms with Crippen LogP contribution in [0.15, 0.2) is 30.3 Å². The van der Waals surface area contributed by atoms with E-state index in [1.165, 1.54) is 32.1 Å². The quantitative estimate of drug-likeness (QED) is 0.434. The maximum atomic E-state index is 5.19. The summed E-state index contributed by atoms with van der Waals surface area (Å²) in [5.41, 5.74) is 1.14. The van der Waals surface area contributed by atoms with Crippen molar-refractivity contribution >= 4 is 34.9 Å². The first-order valence-corrected chi connectivity index (χ1v) is 7.16. The van der Waals surface area contributed by atoms with Gasteiger partial charge in [0.25, 0.3) is 0 Å². The molecule has 0 aliphatic rings. The zero-order valence-electron chi connectivity index (χ0n) is 10.4. The molecule has 1 aromatic rings. The molecule has 0 saturated heterocycles. The van der Waals surface area contributed by atoms with Crippen molar-refractivity contribution in [2.75, 3.05) is 11.4 Å². The molecule has 0 saturated carbocycles. The standard InChI is InChI=1S/C14H21NS2/c1-2-3-4-5-9-12-15(14(16)17)13-10-7-6-8-11-13/h6-8,10-11H,2-5,9,12H2,1H3,(H,16,17). The Morgan fingerprint density at radius 1 is 1.12 bits per heavy atom. The van der Waals surface area contributed by atoms with Crippen LogP contribution in [-0.4, -0.2) is 10.9 Å². The van der Waals surface area contributed by atoms with Crippen molar-refractivity contribution in [3.8, 4) is 0 Å². The van der Waals surface area contributed by atoms with Crippen molar-refractivity contribution in [2.45, 2.75) is 39.0 Å². The van der Waals surface area contributed by atoms with Gasteiger partial charge in [0.2, 0.25) is 0 Å². The molecule has 0 fully saturated rings. The summed E-state index contributed by atoms with van der Waals surface area (Å²) in [6.07, 6.45) is 6.38. The number of hydrogen-bond donors (Lipinski definition) is 1. The van der Waals surface area contributed by atoms with Gasteiger partial charge in [0.15, 0.2) is 0 Å². The van der Waals surface area contributed by atoms with Crippen LogP contribution in [0.25, 0.3) is 0 Å². The van der Waals surface area contributed by atoms with E-state index in [1.54, 1.807) is 0 Å². The minimum absolute atomic E-state index is 0.659. The summed E-state index contributed by atoms with van der Waals surface area (Å²) < 4.78 is 0.659. The molecule has 0 unspecified atom stereocenters. The van der Waals surface area contributed by atoms with E-state index in [4.69, 9.17) is 12.2 Å². The third-order valence-electron chi connectivity index (χ3n) is 2.78. The number of anilines is 1. The van der Waals surface area contributed by atoms with E-state index in [-0.39, 0.29) is 0 Å². The van der Waals surface area contributed by atoms with Gasteiger partial charge in [0.1, 0.15) is 4.32 Å². The fraction of sp³-hybridized carbons (Fsp3) is 0.500. The molecule has 94 valence electrons. The predicted octanol–water partition coefficient (Wildman–Crippen LogP) is 4.68. The molecular weight excluding hydrogens is 246 g/mol. The fourth-order valence-corrected chi connectivity index (χ4v) is 2.23. The van der Waals surface area contributed by atoms with Crippen LogP contribution in [-0.2, 0) is 0 Å². The fourth-order valence-electron chi connectivity index (χ4n) is 1.82. The van der Waals surface area contributed by atoms with E-state index in [2.05, 4.69) is 36.6 Å². The van der Waals surface area contributed by atoms with Gasteiger partial charge in [-0.25, -0.2) is 0 Å². The van der Waals surface area contributed by atoms with Crippen LogP contribution in [0.1, 0.15) is 39.0 Å². The summed E-state index contributed by atoms with van der Waals surface area (Å²) >= 11 is 9.50. The van der Waals surface area contributed by atoms with E-state index in [9.17, 15) is 0 Å². The Bertz CT molecular complexity index is 324. The first-order valence-electron chi connectivity index (χ1n) is 6.31. The number of thiocarbonyl (C=S) groups is 1. The SMILES string of the molecule is CCCCCCCN(C(=S)S)c1ccccc1. The summed E-state index contributed by atoms with van der Waals surface area (Å²) in [6.45, 7) is 3.20. The van der Waals surface area contributed by atoms with E-state index in [0.717, 1.165) is 12.2 Å². The number of benzene rings is 1. The number of unbranched alkanes of at least 4 members (excludes halogenated alkanes) is 4. The second-order valence-electron chi connectivity index (χ2n) is 4.18. The van der Waals surface area contributed by atoms with E-state index >= 15 is 0 Å². The van der Waals surface area contributed by atoms with Crippen LogP contribution < -0.4 is 4.90 Å². The van der Waals surface area contributed by atoms with Gasteiger partial charge >= 0.3 is 0 Å². The van der Waals surface area contributed by atoms with Crippen LogP contribution >= 0.6 is 24.8 Å². The highest BCUT2D eigenvalue weighted by Gasteiger charge is 2.07. The van der Waals surface area contributed by atoms with Crippen LogP contribution in [0.2, 0.25) is 0 Å². The molecule has 0 aromatic heterocycles. The number of nitrogens with zero attached hydrogens (tertiary/aromatic N) is 1. The third kappa shape index (κ3) is 5.55. The van der Waals surface area contributed by atoms with Gasteiger partial charge in [-0.15, -0.1) is 12.6 Å². The smallest absolute Gasteiger partial charge is 0.137 e. The minimum atomic E-state index is 0.659. The van der Waals surface area contributed by atoms with E-state index < -0.39 is 0 Å². The van der Waals surface area contributed by atoms with Gasteiger partial charge in [-0.3, -0.25) is 0 Å². The lowest BCUT2D eigenvalue weighted by molar-refractivity contribution is 0.637. The number of rotatable bonds is 7. The Morgan fingerprint density at radius 2 is 1.76 bits per heavy atom. The van der Waals surface area contributed by atoms with E-state index in [0.29, 0.717) is 4.32 Å². The van der Waals surface area contributed by atoms with Crippen LogP contribution in [0.3, 0.4) is 0 Å². The molecule has 1 rings (SSSR count). The number of thiol groups is 1. The summed E-state index contributed by atoms with van der Waals surface area (Å²) in [6, 6.07) is 10.2. The Hall–Kier alpha value is -0.540. The lowest BCUT2D eigenvalue weighted by atomic mass is 10.1. The van der Waals surface area contributed by atoms with Crippen molar-refractivity contribution in [2.24, 2.45) is 0 Å². The molecule has 0 atom stereocenters. The Labute approximate surface area is 116 Å². The highest BCUT2D eigenvalue weighted by atomic mass is 32.1. The number of hydrogen-bond acceptors (Lipinski definition) is 1. The summed E-state index contributed by atoms with van der Waals surface area (Å²) in [4.78, 5) is 2.10.